The number of nitrogen functional groups attached to an aromatic ring is 3. The smallest absolute Gasteiger partial charge is 0.222 e. The monoisotopic (exact) mass is 361 g/mol. The highest BCUT2D eigenvalue weighted by atomic mass is 15.0. The Hall–Kier alpha value is -3.08. The minimum absolute atomic E-state index is 0.243. The van der Waals surface area contributed by atoms with Crippen LogP contribution in [0.5, 0.6) is 0 Å². The Morgan fingerprint density at radius 1 is 0.630 bits per heavy atom. The number of hydrogen-bond acceptors (Lipinski definition) is 5. The summed E-state index contributed by atoms with van der Waals surface area (Å²) in [4.78, 5) is 8.63. The maximum absolute atomic E-state index is 6.16. The molecule has 3 rings (SSSR count). The maximum Gasteiger partial charge on any atom is 0.222 e. The lowest BCUT2D eigenvalue weighted by Crippen LogP contribution is -2.10. The minimum Gasteiger partial charge on any atom is -0.399 e. The number of hydrogen-bond donors (Lipinski definition) is 3. The summed E-state index contributed by atoms with van der Waals surface area (Å²) in [6.45, 7) is 0. The second-order valence-electron chi connectivity index (χ2n) is 6.83. The van der Waals surface area contributed by atoms with Gasteiger partial charge in [0.25, 0.3) is 0 Å². The number of benzene rings is 2. The average molecular weight is 361 g/mol. The standard InChI is InChI=1S/C22H27N5/c23-18-13-10-17(11-14-18)12-15-20-19(21(24)27-22(25)26-20)9-5-4-8-16-6-2-1-3-7-16/h1-3,6-7,10-11,13-14H,4-5,8-9,12,15,23H2,(H4,24,25,26,27). The van der Waals surface area contributed by atoms with Crippen LogP contribution in [0, 0.1) is 0 Å². The van der Waals surface area contributed by atoms with Crippen molar-refractivity contribution in [3.8, 4) is 0 Å². The van der Waals surface area contributed by atoms with Crippen LogP contribution in [0.15, 0.2) is 54.6 Å². The molecule has 0 amide bonds. The number of nitrogens with two attached hydrogens (primary N) is 3. The molecule has 0 radical (unpaired) electrons. The summed E-state index contributed by atoms with van der Waals surface area (Å²) in [5.74, 6) is 0.752. The third-order valence-electron chi connectivity index (χ3n) is 4.76. The van der Waals surface area contributed by atoms with Gasteiger partial charge in [-0.15, -0.1) is 0 Å². The van der Waals surface area contributed by atoms with Gasteiger partial charge in [0, 0.05) is 11.3 Å². The minimum atomic E-state index is 0.243. The van der Waals surface area contributed by atoms with E-state index in [0.717, 1.165) is 55.5 Å². The number of rotatable bonds is 8. The van der Waals surface area contributed by atoms with Gasteiger partial charge in [-0.05, 0) is 61.8 Å². The summed E-state index contributed by atoms with van der Waals surface area (Å²) in [5.41, 5.74) is 23.1. The molecule has 27 heavy (non-hydrogen) atoms. The van der Waals surface area contributed by atoms with Gasteiger partial charge >= 0.3 is 0 Å². The van der Waals surface area contributed by atoms with Crippen molar-refractivity contribution in [2.24, 2.45) is 0 Å². The van der Waals surface area contributed by atoms with Gasteiger partial charge < -0.3 is 17.2 Å². The van der Waals surface area contributed by atoms with Crippen molar-refractivity contribution in [3.05, 3.63) is 77.0 Å². The van der Waals surface area contributed by atoms with Crippen molar-refractivity contribution in [1.82, 2.24) is 9.97 Å². The van der Waals surface area contributed by atoms with E-state index in [1.165, 1.54) is 11.1 Å². The van der Waals surface area contributed by atoms with Gasteiger partial charge in [0.15, 0.2) is 0 Å². The molecule has 1 heterocycles. The SMILES string of the molecule is Nc1ccc(CCc2nc(N)nc(N)c2CCCCc2ccccc2)cc1. The van der Waals surface area contributed by atoms with E-state index < -0.39 is 0 Å². The fraction of sp³-hybridized carbons (Fsp3) is 0.273. The fourth-order valence-corrected chi connectivity index (χ4v) is 3.27. The Morgan fingerprint density at radius 3 is 2.04 bits per heavy atom. The number of unbranched alkanes of at least 4 members (excludes halogenated alkanes) is 1. The van der Waals surface area contributed by atoms with Crippen LogP contribution in [0.4, 0.5) is 17.5 Å². The molecule has 3 aromatic rings. The Bertz CT molecular complexity index is 860. The molecule has 5 heteroatoms. The molecule has 0 saturated carbocycles. The summed E-state index contributed by atoms with van der Waals surface area (Å²) < 4.78 is 0. The van der Waals surface area contributed by atoms with Crippen LogP contribution in [0.3, 0.4) is 0 Å². The first-order valence-electron chi connectivity index (χ1n) is 9.41. The van der Waals surface area contributed by atoms with Gasteiger partial charge in [0.2, 0.25) is 5.95 Å². The molecule has 140 valence electrons. The summed E-state index contributed by atoms with van der Waals surface area (Å²) >= 11 is 0. The van der Waals surface area contributed by atoms with Crippen LogP contribution in [0.1, 0.15) is 35.2 Å². The maximum atomic E-state index is 6.16. The highest BCUT2D eigenvalue weighted by Gasteiger charge is 2.11. The van der Waals surface area contributed by atoms with E-state index in [2.05, 4.69) is 34.2 Å². The van der Waals surface area contributed by atoms with Gasteiger partial charge in [-0.2, -0.15) is 4.98 Å². The summed E-state index contributed by atoms with van der Waals surface area (Å²) in [5, 5.41) is 0. The zero-order chi connectivity index (χ0) is 19.1. The predicted molar refractivity (Wildman–Crippen MR) is 112 cm³/mol. The summed E-state index contributed by atoms with van der Waals surface area (Å²) in [6, 6.07) is 18.5. The van der Waals surface area contributed by atoms with Crippen molar-refractivity contribution in [2.45, 2.75) is 38.5 Å². The van der Waals surface area contributed by atoms with E-state index >= 15 is 0 Å². The quantitative estimate of drug-likeness (QED) is 0.420. The number of aryl methyl sites for hydroxylation is 3. The molecule has 0 atom stereocenters. The van der Waals surface area contributed by atoms with Crippen molar-refractivity contribution < 1.29 is 0 Å². The van der Waals surface area contributed by atoms with E-state index in [-0.39, 0.29) is 5.95 Å². The van der Waals surface area contributed by atoms with Crippen LogP contribution < -0.4 is 17.2 Å². The second kappa shape index (κ2) is 9.03. The molecule has 0 fully saturated rings. The molecule has 0 spiro atoms. The van der Waals surface area contributed by atoms with Crippen LogP contribution in [0.2, 0.25) is 0 Å². The van der Waals surface area contributed by atoms with E-state index in [0.29, 0.717) is 5.82 Å². The molecule has 0 unspecified atom stereocenters. The molecular weight excluding hydrogens is 334 g/mol. The van der Waals surface area contributed by atoms with E-state index in [1.54, 1.807) is 0 Å². The lowest BCUT2D eigenvalue weighted by molar-refractivity contribution is 0.722. The van der Waals surface area contributed by atoms with Crippen LogP contribution in [0.25, 0.3) is 0 Å². The van der Waals surface area contributed by atoms with Crippen LogP contribution >= 0.6 is 0 Å². The molecule has 2 aromatic carbocycles. The number of anilines is 3. The van der Waals surface area contributed by atoms with Crippen LogP contribution in [-0.4, -0.2) is 9.97 Å². The van der Waals surface area contributed by atoms with Gasteiger partial charge in [0.05, 0.1) is 5.69 Å². The lowest BCUT2D eigenvalue weighted by Gasteiger charge is -2.12. The molecule has 0 aliphatic carbocycles. The molecule has 5 nitrogen and oxygen atoms in total. The van der Waals surface area contributed by atoms with Gasteiger partial charge in [-0.3, -0.25) is 0 Å². The topological polar surface area (TPSA) is 104 Å². The molecule has 1 aromatic heterocycles. The normalized spacial score (nSPS) is 10.8. The molecular formula is C22H27N5. The third-order valence-corrected chi connectivity index (χ3v) is 4.76. The van der Waals surface area contributed by atoms with Gasteiger partial charge in [0.1, 0.15) is 5.82 Å². The summed E-state index contributed by atoms with van der Waals surface area (Å²) in [7, 11) is 0. The highest BCUT2D eigenvalue weighted by Crippen LogP contribution is 2.20. The summed E-state index contributed by atoms with van der Waals surface area (Å²) in [6.07, 6.45) is 5.74. The van der Waals surface area contributed by atoms with Crippen molar-refractivity contribution >= 4 is 17.5 Å². The van der Waals surface area contributed by atoms with Gasteiger partial charge in [-0.25, -0.2) is 4.98 Å². The Balaban J connectivity index is 1.62. The zero-order valence-corrected chi connectivity index (χ0v) is 15.6. The average Bonchev–Trinajstić information content (AvgIpc) is 2.67. The molecule has 0 bridgehead atoms. The molecule has 0 aliphatic rings. The molecule has 0 aliphatic heterocycles. The van der Waals surface area contributed by atoms with Crippen molar-refractivity contribution in [2.75, 3.05) is 17.2 Å². The largest absolute Gasteiger partial charge is 0.399 e. The molecule has 0 saturated heterocycles. The Labute approximate surface area is 160 Å². The zero-order valence-electron chi connectivity index (χ0n) is 15.6. The van der Waals surface area contributed by atoms with E-state index in [1.807, 2.05) is 30.3 Å². The van der Waals surface area contributed by atoms with Crippen molar-refractivity contribution in [3.63, 3.8) is 0 Å². The Kier molecular flexibility index (Phi) is 6.26. The van der Waals surface area contributed by atoms with Gasteiger partial charge in [-0.1, -0.05) is 42.5 Å². The molecule has 6 N–H and O–H groups in total. The Morgan fingerprint density at radius 2 is 1.30 bits per heavy atom. The predicted octanol–water partition coefficient (Wildman–Crippen LogP) is 3.57. The third kappa shape index (κ3) is 5.45. The fourth-order valence-electron chi connectivity index (χ4n) is 3.27. The first-order valence-corrected chi connectivity index (χ1v) is 9.41. The first kappa shape index (κ1) is 18.7. The highest BCUT2D eigenvalue weighted by molar-refractivity contribution is 5.46. The number of aromatic nitrogens is 2. The second-order valence-corrected chi connectivity index (χ2v) is 6.83. The lowest BCUT2D eigenvalue weighted by atomic mass is 9.99. The van der Waals surface area contributed by atoms with Crippen molar-refractivity contribution in [1.29, 1.82) is 0 Å². The first-order chi connectivity index (χ1) is 13.1. The number of nitrogens with zero attached hydrogens (tertiary/aromatic N) is 2. The van der Waals surface area contributed by atoms with E-state index in [9.17, 15) is 0 Å². The van der Waals surface area contributed by atoms with E-state index in [4.69, 9.17) is 17.2 Å². The van der Waals surface area contributed by atoms with Crippen LogP contribution in [-0.2, 0) is 25.7 Å².